The molecule has 4 nitrogen and oxygen atoms in total. The fourth-order valence-corrected chi connectivity index (χ4v) is 1.96. The molecule has 0 atom stereocenters. The van der Waals surface area contributed by atoms with Crippen LogP contribution in [0.3, 0.4) is 0 Å². The van der Waals surface area contributed by atoms with Gasteiger partial charge in [0.05, 0.1) is 12.6 Å². The van der Waals surface area contributed by atoms with E-state index in [1.54, 1.807) is 12.1 Å². The third-order valence-corrected chi connectivity index (χ3v) is 2.89. The summed E-state index contributed by atoms with van der Waals surface area (Å²) in [5, 5.41) is 10.2. The van der Waals surface area contributed by atoms with E-state index < -0.39 is 5.97 Å². The zero-order valence-electron chi connectivity index (χ0n) is 8.40. The number of hydrogen-bond donors (Lipinski definition) is 1. The zero-order valence-corrected chi connectivity index (χ0v) is 9.98. The maximum absolute atomic E-state index is 11.6. The third-order valence-electron chi connectivity index (χ3n) is 2.23. The minimum absolute atomic E-state index is 0.0858. The second-order valence-corrected chi connectivity index (χ2v) is 3.99. The van der Waals surface area contributed by atoms with Crippen LogP contribution >= 0.6 is 15.9 Å². The van der Waals surface area contributed by atoms with Crippen LogP contribution in [0.5, 0.6) is 5.75 Å². The van der Waals surface area contributed by atoms with Gasteiger partial charge in [0, 0.05) is 16.1 Å². The molecule has 0 spiro atoms. The largest absolute Gasteiger partial charge is 0.507 e. The van der Waals surface area contributed by atoms with Crippen molar-refractivity contribution >= 4 is 32.8 Å². The standard InChI is InChI=1S/C11H8BrNO3/c1-16-11(15)9-7(12)3-2-6-8(14)4-5-13-10(6)9/h2-5H,1H3,(H,13,14). The molecule has 1 aromatic carbocycles. The molecule has 1 aromatic heterocycles. The third kappa shape index (κ3) is 1.63. The summed E-state index contributed by atoms with van der Waals surface area (Å²) >= 11 is 3.26. The Balaban J connectivity index is 2.85. The predicted molar refractivity (Wildman–Crippen MR) is 62.4 cm³/mol. The summed E-state index contributed by atoms with van der Waals surface area (Å²) in [7, 11) is 1.30. The first-order valence-corrected chi connectivity index (χ1v) is 5.29. The van der Waals surface area contributed by atoms with E-state index in [1.165, 1.54) is 19.4 Å². The Morgan fingerprint density at radius 2 is 2.19 bits per heavy atom. The second-order valence-electron chi connectivity index (χ2n) is 3.14. The van der Waals surface area contributed by atoms with Gasteiger partial charge in [0.25, 0.3) is 0 Å². The minimum Gasteiger partial charge on any atom is -0.507 e. The number of esters is 1. The van der Waals surface area contributed by atoms with Crippen molar-refractivity contribution in [2.75, 3.05) is 7.11 Å². The molecular formula is C11H8BrNO3. The number of hydrogen-bond acceptors (Lipinski definition) is 4. The number of rotatable bonds is 1. The smallest absolute Gasteiger partial charge is 0.341 e. The van der Waals surface area contributed by atoms with Crippen LogP contribution in [0.4, 0.5) is 0 Å². The molecule has 2 rings (SSSR count). The summed E-state index contributed by atoms with van der Waals surface area (Å²) in [5.74, 6) is -0.404. The molecule has 1 heterocycles. The average molecular weight is 282 g/mol. The van der Waals surface area contributed by atoms with E-state index in [4.69, 9.17) is 0 Å². The van der Waals surface area contributed by atoms with E-state index in [1.807, 2.05) is 0 Å². The molecule has 82 valence electrons. The molecule has 0 saturated heterocycles. The Kier molecular flexibility index (Phi) is 2.78. The molecular weight excluding hydrogens is 274 g/mol. The molecule has 0 saturated carbocycles. The van der Waals surface area contributed by atoms with E-state index >= 15 is 0 Å². The Morgan fingerprint density at radius 1 is 1.44 bits per heavy atom. The van der Waals surface area contributed by atoms with Gasteiger partial charge in [-0.1, -0.05) is 0 Å². The number of methoxy groups -OCH3 is 1. The first-order valence-electron chi connectivity index (χ1n) is 4.49. The number of benzene rings is 1. The Labute approximate surface area is 100.0 Å². The number of aromatic nitrogens is 1. The van der Waals surface area contributed by atoms with Gasteiger partial charge in [0.15, 0.2) is 0 Å². The molecule has 2 aromatic rings. The Morgan fingerprint density at radius 3 is 2.88 bits per heavy atom. The molecule has 0 bridgehead atoms. The van der Waals surface area contributed by atoms with Gasteiger partial charge in [-0.05, 0) is 34.1 Å². The van der Waals surface area contributed by atoms with E-state index in [9.17, 15) is 9.90 Å². The molecule has 1 N–H and O–H groups in total. The molecule has 0 radical (unpaired) electrons. The van der Waals surface area contributed by atoms with Gasteiger partial charge < -0.3 is 9.84 Å². The van der Waals surface area contributed by atoms with Gasteiger partial charge in [-0.25, -0.2) is 4.79 Å². The topological polar surface area (TPSA) is 59.4 Å². The number of pyridine rings is 1. The molecule has 0 amide bonds. The minimum atomic E-state index is -0.490. The van der Waals surface area contributed by atoms with Crippen molar-refractivity contribution in [1.29, 1.82) is 0 Å². The monoisotopic (exact) mass is 281 g/mol. The van der Waals surface area contributed by atoms with E-state index in [2.05, 4.69) is 25.7 Å². The van der Waals surface area contributed by atoms with Crippen LogP contribution in [0.1, 0.15) is 10.4 Å². The normalized spacial score (nSPS) is 10.4. The van der Waals surface area contributed by atoms with Gasteiger partial charge in [-0.3, -0.25) is 4.98 Å². The van der Waals surface area contributed by atoms with Crippen molar-refractivity contribution in [2.45, 2.75) is 0 Å². The van der Waals surface area contributed by atoms with Crippen LogP contribution in [0.15, 0.2) is 28.9 Å². The molecule has 0 aliphatic carbocycles. The predicted octanol–water partition coefficient (Wildman–Crippen LogP) is 2.49. The lowest BCUT2D eigenvalue weighted by atomic mass is 10.1. The summed E-state index contributed by atoms with van der Waals surface area (Å²) < 4.78 is 5.26. The molecule has 0 unspecified atom stereocenters. The van der Waals surface area contributed by atoms with Gasteiger partial charge in [-0.15, -0.1) is 0 Å². The first-order chi connectivity index (χ1) is 7.65. The highest BCUT2D eigenvalue weighted by atomic mass is 79.9. The number of fused-ring (bicyclic) bond motifs is 1. The average Bonchev–Trinajstić information content (AvgIpc) is 2.28. The van der Waals surface area contributed by atoms with Crippen LogP contribution < -0.4 is 0 Å². The van der Waals surface area contributed by atoms with Gasteiger partial charge in [0.2, 0.25) is 0 Å². The number of halogens is 1. The fourth-order valence-electron chi connectivity index (χ4n) is 1.48. The first kappa shape index (κ1) is 10.9. The molecule has 16 heavy (non-hydrogen) atoms. The van der Waals surface area contributed by atoms with Crippen molar-refractivity contribution < 1.29 is 14.6 Å². The van der Waals surface area contributed by atoms with Crippen molar-refractivity contribution in [3.8, 4) is 5.75 Å². The van der Waals surface area contributed by atoms with Gasteiger partial charge >= 0.3 is 5.97 Å². The van der Waals surface area contributed by atoms with Crippen LogP contribution in [-0.4, -0.2) is 23.2 Å². The lowest BCUT2D eigenvalue weighted by molar-refractivity contribution is 0.0602. The number of ether oxygens (including phenoxy) is 1. The fraction of sp³-hybridized carbons (Fsp3) is 0.0909. The van der Waals surface area contributed by atoms with Crippen molar-refractivity contribution in [1.82, 2.24) is 4.98 Å². The van der Waals surface area contributed by atoms with Crippen LogP contribution in [0.25, 0.3) is 10.9 Å². The quantitative estimate of drug-likeness (QED) is 0.816. The van der Waals surface area contributed by atoms with Crippen LogP contribution in [0.2, 0.25) is 0 Å². The Bertz CT molecular complexity index is 568. The highest BCUT2D eigenvalue weighted by molar-refractivity contribution is 9.10. The van der Waals surface area contributed by atoms with Crippen molar-refractivity contribution in [2.24, 2.45) is 0 Å². The summed E-state index contributed by atoms with van der Waals surface area (Å²) in [6.07, 6.45) is 1.44. The Hall–Kier alpha value is -1.62. The second kappa shape index (κ2) is 4.09. The summed E-state index contributed by atoms with van der Waals surface area (Å²) in [4.78, 5) is 15.7. The number of nitrogens with zero attached hydrogens (tertiary/aromatic N) is 1. The maximum Gasteiger partial charge on any atom is 0.341 e. The number of carbonyl (C=O) groups is 1. The summed E-state index contributed by atoms with van der Waals surface area (Å²) in [6, 6.07) is 4.83. The molecule has 0 aliphatic rings. The summed E-state index contributed by atoms with van der Waals surface area (Å²) in [6.45, 7) is 0. The van der Waals surface area contributed by atoms with Crippen LogP contribution in [-0.2, 0) is 4.74 Å². The van der Waals surface area contributed by atoms with Crippen molar-refractivity contribution in [3.63, 3.8) is 0 Å². The van der Waals surface area contributed by atoms with Crippen LogP contribution in [0, 0.1) is 0 Å². The SMILES string of the molecule is COC(=O)c1c(Br)ccc2c(O)ccnc12. The number of aromatic hydroxyl groups is 1. The molecule has 5 heteroatoms. The molecule has 0 fully saturated rings. The maximum atomic E-state index is 11.6. The lowest BCUT2D eigenvalue weighted by Gasteiger charge is -2.07. The number of carbonyl (C=O) groups excluding carboxylic acids is 1. The van der Waals surface area contributed by atoms with E-state index in [0.717, 1.165) is 0 Å². The highest BCUT2D eigenvalue weighted by Gasteiger charge is 2.16. The highest BCUT2D eigenvalue weighted by Crippen LogP contribution is 2.30. The van der Waals surface area contributed by atoms with Gasteiger partial charge in [-0.2, -0.15) is 0 Å². The van der Waals surface area contributed by atoms with E-state index in [0.29, 0.717) is 20.9 Å². The zero-order chi connectivity index (χ0) is 11.7. The molecule has 0 aliphatic heterocycles. The van der Waals surface area contributed by atoms with E-state index in [-0.39, 0.29) is 5.75 Å². The van der Waals surface area contributed by atoms with Crippen molar-refractivity contribution in [3.05, 3.63) is 34.4 Å². The van der Waals surface area contributed by atoms with Gasteiger partial charge in [0.1, 0.15) is 11.3 Å². The summed E-state index contributed by atoms with van der Waals surface area (Å²) in [5.41, 5.74) is 0.733. The lowest BCUT2D eigenvalue weighted by Crippen LogP contribution is -2.04.